The van der Waals surface area contributed by atoms with Crippen LogP contribution in [0.5, 0.6) is 11.6 Å². The third-order valence-electron chi connectivity index (χ3n) is 4.17. The van der Waals surface area contributed by atoms with Crippen molar-refractivity contribution in [3.05, 3.63) is 83.8 Å². The standard InChI is InChI=1S/C22H24N2O/c1-22(2,3)19-9-11-20(12-10-19)25-21-13-8-18(16-24-21)7-6-17-5-4-14-23-15-17/h4-5,8-16H,6-7H2,1-3H3. The quantitative estimate of drug-likeness (QED) is 0.631. The Morgan fingerprint density at radius 2 is 1.56 bits per heavy atom. The molecule has 0 N–H and O–H groups in total. The first-order chi connectivity index (χ1) is 12.0. The molecule has 128 valence electrons. The van der Waals surface area contributed by atoms with Gasteiger partial charge in [-0.1, -0.05) is 45.0 Å². The third-order valence-corrected chi connectivity index (χ3v) is 4.17. The number of rotatable bonds is 5. The number of aryl methyl sites for hydroxylation is 2. The average molecular weight is 332 g/mol. The fourth-order valence-electron chi connectivity index (χ4n) is 2.60. The molecule has 0 saturated carbocycles. The maximum Gasteiger partial charge on any atom is 0.219 e. The molecule has 0 amide bonds. The molecule has 3 rings (SSSR count). The lowest BCUT2D eigenvalue weighted by Gasteiger charge is -2.19. The summed E-state index contributed by atoms with van der Waals surface area (Å²) in [6.07, 6.45) is 7.50. The zero-order chi connectivity index (χ0) is 17.7. The average Bonchev–Trinajstić information content (AvgIpc) is 2.62. The fourth-order valence-corrected chi connectivity index (χ4v) is 2.60. The van der Waals surface area contributed by atoms with E-state index in [9.17, 15) is 0 Å². The van der Waals surface area contributed by atoms with Gasteiger partial charge in [-0.15, -0.1) is 0 Å². The summed E-state index contributed by atoms with van der Waals surface area (Å²) in [6, 6.07) is 16.3. The minimum absolute atomic E-state index is 0.146. The van der Waals surface area contributed by atoms with Crippen LogP contribution in [-0.4, -0.2) is 9.97 Å². The zero-order valence-corrected chi connectivity index (χ0v) is 15.1. The Labute approximate surface area is 149 Å². The van der Waals surface area contributed by atoms with E-state index in [-0.39, 0.29) is 5.41 Å². The molecular formula is C22H24N2O. The van der Waals surface area contributed by atoms with E-state index >= 15 is 0 Å². The summed E-state index contributed by atoms with van der Waals surface area (Å²) in [5.41, 5.74) is 3.87. The van der Waals surface area contributed by atoms with Crippen molar-refractivity contribution in [2.24, 2.45) is 0 Å². The van der Waals surface area contributed by atoms with Gasteiger partial charge < -0.3 is 4.74 Å². The van der Waals surface area contributed by atoms with Crippen LogP contribution in [0.1, 0.15) is 37.5 Å². The van der Waals surface area contributed by atoms with Gasteiger partial charge in [0.2, 0.25) is 5.88 Å². The highest BCUT2D eigenvalue weighted by Crippen LogP contribution is 2.26. The largest absolute Gasteiger partial charge is 0.439 e. The van der Waals surface area contributed by atoms with Crippen LogP contribution in [0.15, 0.2) is 67.1 Å². The van der Waals surface area contributed by atoms with Gasteiger partial charge in [0, 0.05) is 24.7 Å². The number of aromatic nitrogens is 2. The minimum atomic E-state index is 0.146. The normalized spacial score (nSPS) is 11.3. The van der Waals surface area contributed by atoms with Crippen molar-refractivity contribution in [3.63, 3.8) is 0 Å². The van der Waals surface area contributed by atoms with Crippen LogP contribution >= 0.6 is 0 Å². The lowest BCUT2D eigenvalue weighted by atomic mass is 9.87. The first kappa shape index (κ1) is 17.2. The van der Waals surface area contributed by atoms with Crippen molar-refractivity contribution in [2.75, 3.05) is 0 Å². The van der Waals surface area contributed by atoms with Crippen molar-refractivity contribution >= 4 is 0 Å². The van der Waals surface area contributed by atoms with Gasteiger partial charge in [0.15, 0.2) is 0 Å². The van der Waals surface area contributed by atoms with Gasteiger partial charge in [0.1, 0.15) is 5.75 Å². The van der Waals surface area contributed by atoms with Crippen LogP contribution in [-0.2, 0) is 18.3 Å². The second-order valence-corrected chi connectivity index (χ2v) is 7.24. The van der Waals surface area contributed by atoms with Gasteiger partial charge in [0.05, 0.1) is 0 Å². The van der Waals surface area contributed by atoms with Crippen LogP contribution in [0.3, 0.4) is 0 Å². The summed E-state index contributed by atoms with van der Waals surface area (Å²) < 4.78 is 5.84. The molecule has 25 heavy (non-hydrogen) atoms. The predicted octanol–water partition coefficient (Wildman–Crippen LogP) is 5.35. The Hall–Kier alpha value is -2.68. The summed E-state index contributed by atoms with van der Waals surface area (Å²) in [5, 5.41) is 0. The van der Waals surface area contributed by atoms with Gasteiger partial charge in [-0.3, -0.25) is 4.98 Å². The Kier molecular flexibility index (Phi) is 5.13. The number of ether oxygens (including phenoxy) is 1. The molecule has 0 spiro atoms. The van der Waals surface area contributed by atoms with Crippen molar-refractivity contribution in [2.45, 2.75) is 39.0 Å². The molecule has 2 heterocycles. The maximum absolute atomic E-state index is 5.84. The zero-order valence-electron chi connectivity index (χ0n) is 15.1. The second kappa shape index (κ2) is 7.47. The second-order valence-electron chi connectivity index (χ2n) is 7.24. The Balaban J connectivity index is 1.59. The summed E-state index contributed by atoms with van der Waals surface area (Å²) in [6.45, 7) is 6.61. The molecule has 0 unspecified atom stereocenters. The van der Waals surface area contributed by atoms with Crippen molar-refractivity contribution in [3.8, 4) is 11.6 Å². The van der Waals surface area contributed by atoms with E-state index in [2.05, 4.69) is 55.0 Å². The Morgan fingerprint density at radius 1 is 0.840 bits per heavy atom. The number of pyridine rings is 2. The Bertz CT molecular complexity index is 788. The molecule has 0 radical (unpaired) electrons. The maximum atomic E-state index is 5.84. The summed E-state index contributed by atoms with van der Waals surface area (Å²) in [5.74, 6) is 1.43. The number of nitrogens with zero attached hydrogens (tertiary/aromatic N) is 2. The predicted molar refractivity (Wildman–Crippen MR) is 101 cm³/mol. The van der Waals surface area contributed by atoms with Crippen molar-refractivity contribution < 1.29 is 4.74 Å². The highest BCUT2D eigenvalue weighted by molar-refractivity contribution is 5.33. The van der Waals surface area contributed by atoms with E-state index in [0.717, 1.165) is 18.6 Å². The van der Waals surface area contributed by atoms with Crippen molar-refractivity contribution in [1.82, 2.24) is 9.97 Å². The van der Waals surface area contributed by atoms with E-state index < -0.39 is 0 Å². The van der Waals surface area contributed by atoms with Crippen LogP contribution < -0.4 is 4.74 Å². The topological polar surface area (TPSA) is 35.0 Å². The number of benzene rings is 1. The van der Waals surface area contributed by atoms with Crippen LogP contribution in [0.2, 0.25) is 0 Å². The SMILES string of the molecule is CC(C)(C)c1ccc(Oc2ccc(CCc3cccnc3)cn2)cc1. The first-order valence-corrected chi connectivity index (χ1v) is 8.63. The van der Waals surface area contributed by atoms with Gasteiger partial charge in [0.25, 0.3) is 0 Å². The van der Waals surface area contributed by atoms with E-state index in [1.807, 2.05) is 36.7 Å². The molecule has 0 aliphatic rings. The molecule has 0 aliphatic carbocycles. The van der Waals surface area contributed by atoms with Crippen LogP contribution in [0, 0.1) is 0 Å². The summed E-state index contributed by atoms with van der Waals surface area (Å²) in [4.78, 5) is 8.56. The molecule has 3 aromatic rings. The number of hydrogen-bond acceptors (Lipinski definition) is 3. The molecule has 0 aliphatic heterocycles. The summed E-state index contributed by atoms with van der Waals surface area (Å²) >= 11 is 0. The highest BCUT2D eigenvalue weighted by atomic mass is 16.5. The fraction of sp³-hybridized carbons (Fsp3) is 0.273. The first-order valence-electron chi connectivity index (χ1n) is 8.63. The molecule has 3 nitrogen and oxygen atoms in total. The van der Waals surface area contributed by atoms with Gasteiger partial charge in [-0.2, -0.15) is 0 Å². The molecule has 0 bridgehead atoms. The van der Waals surface area contributed by atoms with Crippen LogP contribution in [0.25, 0.3) is 0 Å². The molecule has 1 aromatic carbocycles. The Morgan fingerprint density at radius 3 is 2.12 bits per heavy atom. The highest BCUT2D eigenvalue weighted by Gasteiger charge is 2.13. The monoisotopic (exact) mass is 332 g/mol. The molecule has 0 fully saturated rings. The lowest BCUT2D eigenvalue weighted by Crippen LogP contribution is -2.10. The molecular weight excluding hydrogens is 308 g/mol. The molecule has 2 aromatic heterocycles. The molecule has 0 atom stereocenters. The van der Waals surface area contributed by atoms with E-state index in [1.165, 1.54) is 16.7 Å². The van der Waals surface area contributed by atoms with Crippen LogP contribution in [0.4, 0.5) is 0 Å². The van der Waals surface area contributed by atoms with E-state index in [4.69, 9.17) is 4.74 Å². The minimum Gasteiger partial charge on any atom is -0.439 e. The van der Waals surface area contributed by atoms with Gasteiger partial charge in [-0.25, -0.2) is 4.98 Å². The van der Waals surface area contributed by atoms with E-state index in [0.29, 0.717) is 5.88 Å². The summed E-state index contributed by atoms with van der Waals surface area (Å²) in [7, 11) is 0. The van der Waals surface area contributed by atoms with Gasteiger partial charge in [-0.05, 0) is 53.1 Å². The number of hydrogen-bond donors (Lipinski definition) is 0. The smallest absolute Gasteiger partial charge is 0.219 e. The third kappa shape index (κ3) is 4.90. The molecule has 0 saturated heterocycles. The lowest BCUT2D eigenvalue weighted by molar-refractivity contribution is 0.461. The van der Waals surface area contributed by atoms with Gasteiger partial charge >= 0.3 is 0 Å². The van der Waals surface area contributed by atoms with E-state index in [1.54, 1.807) is 6.20 Å². The molecule has 3 heteroatoms. The van der Waals surface area contributed by atoms with Crippen molar-refractivity contribution in [1.29, 1.82) is 0 Å².